The number of hydrogen-bond acceptors (Lipinski definition) is 1. The van der Waals surface area contributed by atoms with E-state index in [4.69, 9.17) is 16.3 Å². The summed E-state index contributed by atoms with van der Waals surface area (Å²) < 4.78 is 18.6. The zero-order valence-corrected chi connectivity index (χ0v) is 9.43. The molecule has 1 aromatic rings. The van der Waals surface area contributed by atoms with E-state index in [9.17, 15) is 4.39 Å². The highest BCUT2D eigenvalue weighted by atomic mass is 35.5. The lowest BCUT2D eigenvalue weighted by atomic mass is 10.1. The van der Waals surface area contributed by atoms with Crippen LogP contribution in [-0.2, 0) is 6.42 Å². The van der Waals surface area contributed by atoms with Crippen LogP contribution in [0, 0.1) is 5.82 Å². The van der Waals surface area contributed by atoms with Crippen LogP contribution in [0.2, 0.25) is 0 Å². The first-order valence-electron chi connectivity index (χ1n) is 5.24. The number of halogens is 2. The molecule has 1 nitrogen and oxygen atoms in total. The van der Waals surface area contributed by atoms with Crippen LogP contribution in [0.15, 0.2) is 18.2 Å². The molecule has 0 saturated heterocycles. The highest BCUT2D eigenvalue weighted by molar-refractivity contribution is 6.20. The minimum Gasteiger partial charge on any atom is -0.490 e. The van der Waals surface area contributed by atoms with Crippen molar-refractivity contribution in [2.24, 2.45) is 0 Å². The normalized spacial score (nSPS) is 20.9. The third-order valence-corrected chi connectivity index (χ3v) is 2.87. The topological polar surface area (TPSA) is 9.23 Å². The maximum absolute atomic E-state index is 12.9. The molecule has 0 bridgehead atoms. The van der Waals surface area contributed by atoms with Gasteiger partial charge in [0.05, 0.1) is 0 Å². The van der Waals surface area contributed by atoms with Crippen LogP contribution in [0.4, 0.5) is 4.39 Å². The molecule has 3 heteroatoms. The van der Waals surface area contributed by atoms with Gasteiger partial charge in [-0.3, -0.25) is 0 Å². The Morgan fingerprint density at radius 3 is 3.13 bits per heavy atom. The Morgan fingerprint density at radius 2 is 2.40 bits per heavy atom. The smallest absolute Gasteiger partial charge is 0.123 e. The first kappa shape index (κ1) is 10.7. The van der Waals surface area contributed by atoms with Crippen LogP contribution < -0.4 is 4.74 Å². The fourth-order valence-electron chi connectivity index (χ4n) is 1.87. The minimum atomic E-state index is -0.191. The molecule has 0 N–H and O–H groups in total. The first-order chi connectivity index (χ1) is 7.15. The summed E-state index contributed by atoms with van der Waals surface area (Å²) in [4.78, 5) is 0. The van der Waals surface area contributed by atoms with Crippen LogP contribution in [0.3, 0.4) is 0 Å². The molecule has 2 rings (SSSR count). The van der Waals surface area contributed by atoms with Crippen molar-refractivity contribution >= 4 is 11.6 Å². The summed E-state index contributed by atoms with van der Waals surface area (Å²) >= 11 is 5.88. The zero-order chi connectivity index (χ0) is 10.8. The Kier molecular flexibility index (Phi) is 3.15. The van der Waals surface area contributed by atoms with Gasteiger partial charge in [0.25, 0.3) is 0 Å². The third-order valence-electron chi connectivity index (χ3n) is 2.65. The average molecular weight is 229 g/mol. The Balaban J connectivity index is 1.97. The first-order valence-corrected chi connectivity index (χ1v) is 5.68. The largest absolute Gasteiger partial charge is 0.490 e. The van der Waals surface area contributed by atoms with E-state index in [1.54, 1.807) is 12.1 Å². The third kappa shape index (κ3) is 2.63. The molecule has 1 aliphatic rings. The van der Waals surface area contributed by atoms with Gasteiger partial charge < -0.3 is 4.74 Å². The molecule has 2 unspecified atom stereocenters. The Hall–Kier alpha value is -0.760. The lowest BCUT2D eigenvalue weighted by Gasteiger charge is -2.10. The van der Waals surface area contributed by atoms with Gasteiger partial charge in [0.2, 0.25) is 0 Å². The summed E-state index contributed by atoms with van der Waals surface area (Å²) in [5, 5.41) is 0.175. The summed E-state index contributed by atoms with van der Waals surface area (Å²) in [7, 11) is 0. The van der Waals surface area contributed by atoms with Gasteiger partial charge >= 0.3 is 0 Å². The predicted molar refractivity (Wildman–Crippen MR) is 59.1 cm³/mol. The van der Waals surface area contributed by atoms with Crippen LogP contribution >= 0.6 is 11.6 Å². The van der Waals surface area contributed by atoms with Crippen molar-refractivity contribution in [1.29, 1.82) is 0 Å². The highest BCUT2D eigenvalue weighted by Gasteiger charge is 2.23. The number of fused-ring (bicyclic) bond motifs is 1. The van der Waals surface area contributed by atoms with E-state index in [2.05, 4.69) is 0 Å². The monoisotopic (exact) mass is 228 g/mol. The Morgan fingerprint density at radius 1 is 1.60 bits per heavy atom. The average Bonchev–Trinajstić information content (AvgIpc) is 2.56. The lowest BCUT2D eigenvalue weighted by Crippen LogP contribution is -2.14. The van der Waals surface area contributed by atoms with Crippen LogP contribution in [0.5, 0.6) is 5.75 Å². The standard InChI is InChI=1S/C12H14ClFO/c1-8(13)2-4-11-7-9-6-10(14)3-5-12(9)15-11/h3,5-6,8,11H,2,4,7H2,1H3. The molecule has 0 aliphatic carbocycles. The van der Waals surface area contributed by atoms with Gasteiger partial charge in [0.15, 0.2) is 0 Å². The quantitative estimate of drug-likeness (QED) is 0.719. The van der Waals surface area contributed by atoms with Gasteiger partial charge in [0.1, 0.15) is 17.7 Å². The maximum atomic E-state index is 12.9. The maximum Gasteiger partial charge on any atom is 0.123 e. The molecule has 0 saturated carbocycles. The van der Waals surface area contributed by atoms with Crippen LogP contribution in [0.1, 0.15) is 25.3 Å². The number of ether oxygens (including phenoxy) is 1. The van der Waals surface area contributed by atoms with Gasteiger partial charge in [0, 0.05) is 17.4 Å². The van der Waals surface area contributed by atoms with Crippen molar-refractivity contribution in [3.63, 3.8) is 0 Å². The van der Waals surface area contributed by atoms with Crippen LogP contribution in [0.25, 0.3) is 0 Å². The Bertz CT molecular complexity index is 351. The predicted octanol–water partition coefficient (Wildman–Crippen LogP) is 3.54. The summed E-state index contributed by atoms with van der Waals surface area (Å²) in [5.41, 5.74) is 0.974. The fourth-order valence-corrected chi connectivity index (χ4v) is 1.99. The van der Waals surface area contributed by atoms with Crippen molar-refractivity contribution in [3.05, 3.63) is 29.6 Å². The van der Waals surface area contributed by atoms with E-state index >= 15 is 0 Å². The molecule has 0 fully saturated rings. The summed E-state index contributed by atoms with van der Waals surface area (Å²) in [6.07, 6.45) is 2.84. The summed E-state index contributed by atoms with van der Waals surface area (Å²) in [6, 6.07) is 4.69. The molecule has 2 atom stereocenters. The number of hydrogen-bond donors (Lipinski definition) is 0. The molecule has 0 radical (unpaired) electrons. The molecule has 1 heterocycles. The molecule has 1 aliphatic heterocycles. The van der Waals surface area contributed by atoms with Crippen LogP contribution in [-0.4, -0.2) is 11.5 Å². The van der Waals surface area contributed by atoms with E-state index in [-0.39, 0.29) is 17.3 Å². The van der Waals surface area contributed by atoms with Crippen molar-refractivity contribution < 1.29 is 9.13 Å². The van der Waals surface area contributed by atoms with Gasteiger partial charge in [-0.2, -0.15) is 0 Å². The fraction of sp³-hybridized carbons (Fsp3) is 0.500. The molecular weight excluding hydrogens is 215 g/mol. The number of rotatable bonds is 3. The van der Waals surface area contributed by atoms with Crippen molar-refractivity contribution in [1.82, 2.24) is 0 Å². The molecule has 0 amide bonds. The minimum absolute atomic E-state index is 0.169. The molecule has 82 valence electrons. The molecule has 15 heavy (non-hydrogen) atoms. The second-order valence-electron chi connectivity index (χ2n) is 4.05. The summed E-state index contributed by atoms with van der Waals surface area (Å²) in [5.74, 6) is 0.632. The van der Waals surface area contributed by atoms with E-state index in [0.29, 0.717) is 0 Å². The second kappa shape index (κ2) is 4.40. The van der Waals surface area contributed by atoms with Crippen molar-refractivity contribution in [2.45, 2.75) is 37.7 Å². The zero-order valence-electron chi connectivity index (χ0n) is 8.67. The van der Waals surface area contributed by atoms with Gasteiger partial charge in [-0.15, -0.1) is 11.6 Å². The Labute approximate surface area is 94.2 Å². The van der Waals surface area contributed by atoms with Gasteiger partial charge in [-0.25, -0.2) is 4.39 Å². The van der Waals surface area contributed by atoms with E-state index in [1.165, 1.54) is 6.07 Å². The molecule has 0 spiro atoms. The van der Waals surface area contributed by atoms with Gasteiger partial charge in [-0.05, 0) is 38.0 Å². The second-order valence-corrected chi connectivity index (χ2v) is 4.80. The van der Waals surface area contributed by atoms with Gasteiger partial charge in [-0.1, -0.05) is 0 Å². The molecular formula is C12H14ClFO. The number of alkyl halides is 1. The van der Waals surface area contributed by atoms with Crippen molar-refractivity contribution in [3.8, 4) is 5.75 Å². The summed E-state index contributed by atoms with van der Waals surface area (Å²) in [6.45, 7) is 1.98. The number of benzene rings is 1. The molecule has 0 aromatic heterocycles. The SMILES string of the molecule is CC(Cl)CCC1Cc2cc(F)ccc2O1. The lowest BCUT2D eigenvalue weighted by molar-refractivity contribution is 0.218. The van der Waals surface area contributed by atoms with E-state index in [0.717, 1.165) is 30.6 Å². The van der Waals surface area contributed by atoms with Crippen molar-refractivity contribution in [2.75, 3.05) is 0 Å². The van der Waals surface area contributed by atoms with E-state index in [1.807, 2.05) is 6.92 Å². The van der Waals surface area contributed by atoms with E-state index < -0.39 is 0 Å². The molecule has 1 aromatic carbocycles. The highest BCUT2D eigenvalue weighted by Crippen LogP contribution is 2.31.